The summed E-state index contributed by atoms with van der Waals surface area (Å²) in [5, 5.41) is 53.4. The van der Waals surface area contributed by atoms with Crippen LogP contribution in [0.3, 0.4) is 0 Å². The number of amides is 5. The third kappa shape index (κ3) is 30.8. The van der Waals surface area contributed by atoms with Crippen LogP contribution in [0.2, 0.25) is 0 Å². The molecule has 0 unspecified atom stereocenters. The predicted molar refractivity (Wildman–Crippen MR) is 309 cm³/mol. The average Bonchev–Trinajstić information content (AvgIpc) is 3.49. The lowest BCUT2D eigenvalue weighted by molar-refractivity contribution is -0.138. The molecule has 25 heteroatoms. The van der Waals surface area contributed by atoms with E-state index in [1.807, 2.05) is 0 Å². The van der Waals surface area contributed by atoms with Crippen molar-refractivity contribution >= 4 is 70.6 Å². The Morgan fingerprint density at radius 3 is 1.55 bits per heavy atom. The van der Waals surface area contributed by atoms with Gasteiger partial charge in [0.1, 0.15) is 12.1 Å². The summed E-state index contributed by atoms with van der Waals surface area (Å²) in [5.41, 5.74) is 22.5. The lowest BCUT2D eigenvalue weighted by Crippen LogP contribution is -2.57. The molecule has 0 bridgehead atoms. The lowest BCUT2D eigenvalue weighted by Gasteiger charge is -2.28. The Morgan fingerprint density at radius 1 is 0.524 bits per heavy atom. The number of rotatable bonds is 46. The van der Waals surface area contributed by atoms with Gasteiger partial charge in [-0.1, -0.05) is 102 Å². The first-order chi connectivity index (χ1) is 38.8. The molecule has 1 aromatic rings. The standard InChI is InChI=1S/C57H95N11O14/c1-6-7-8-9-10-11-12-13-17-24-48(76)67-51(37(5)72)55(82)68-50(35(2)3)47(75)31-40(29-38-20-15-14-16-21-38)53(80)65-43(23-19-28-63-57(60)61)45(73)32-41(33-69)54(81)66-44(34-70)46(74)30-39(22-18-27-62-56(58)59)52(79)64-42(36(4)71)25-26-49(77)78/h14-16,20-21,35,37,39-44,50-51,69-70,72H,6-13,17-19,22-34H2,1-5H3,(H,64,79)(H,65,80)(H,66,81)(H,67,76)(H,68,82)(H,77,78)(H4,58,59,62)(H4,60,61,63)/t37-,39-,40-,41+,42+,43+,44+,50+,51+/m1/s1. The highest BCUT2D eigenvalue weighted by molar-refractivity contribution is 5.98. The molecular weight excluding hydrogens is 1060 g/mol. The molecule has 0 aliphatic heterocycles. The molecule has 5 amide bonds. The number of aliphatic hydroxyl groups is 3. The number of benzene rings is 1. The number of aliphatic carboxylic acids is 1. The molecule has 0 aromatic heterocycles. The molecule has 0 saturated carbocycles. The van der Waals surface area contributed by atoms with Crippen molar-refractivity contribution < 1.29 is 68.4 Å². The van der Waals surface area contributed by atoms with E-state index in [4.69, 9.17) is 28.0 Å². The smallest absolute Gasteiger partial charge is 0.303 e. The summed E-state index contributed by atoms with van der Waals surface area (Å²) in [6.07, 6.45) is 6.00. The summed E-state index contributed by atoms with van der Waals surface area (Å²) in [7, 11) is 0. The number of carboxylic acid groups (broad SMARTS) is 1. The van der Waals surface area contributed by atoms with Gasteiger partial charge in [0.2, 0.25) is 29.5 Å². The van der Waals surface area contributed by atoms with Crippen molar-refractivity contribution in [3.05, 3.63) is 35.9 Å². The predicted octanol–water partition coefficient (Wildman–Crippen LogP) is 0.883. The highest BCUT2D eigenvalue weighted by Crippen LogP contribution is 2.21. The third-order valence-corrected chi connectivity index (χ3v) is 13.9. The molecule has 462 valence electrons. The van der Waals surface area contributed by atoms with E-state index < -0.39 is 158 Å². The zero-order valence-corrected chi connectivity index (χ0v) is 48.7. The van der Waals surface area contributed by atoms with E-state index in [0.29, 0.717) is 12.0 Å². The number of nitrogens with two attached hydrogens (primary N) is 4. The zero-order chi connectivity index (χ0) is 61.7. The van der Waals surface area contributed by atoms with Gasteiger partial charge in [-0.2, -0.15) is 0 Å². The molecule has 0 spiro atoms. The summed E-state index contributed by atoms with van der Waals surface area (Å²) in [6, 6.07) is 1.94. The molecule has 0 aliphatic rings. The molecule has 0 aliphatic carbocycles. The average molecular weight is 1160 g/mol. The minimum atomic E-state index is -1.66. The van der Waals surface area contributed by atoms with Crippen molar-refractivity contribution in [2.45, 2.75) is 199 Å². The fourth-order valence-corrected chi connectivity index (χ4v) is 9.08. The number of carbonyl (C=O) groups is 10. The van der Waals surface area contributed by atoms with E-state index in [1.165, 1.54) is 32.6 Å². The van der Waals surface area contributed by atoms with Gasteiger partial charge in [-0.3, -0.25) is 57.9 Å². The molecule has 0 saturated heterocycles. The van der Waals surface area contributed by atoms with Gasteiger partial charge < -0.3 is 69.9 Å². The van der Waals surface area contributed by atoms with Crippen molar-refractivity contribution in [3.63, 3.8) is 0 Å². The zero-order valence-electron chi connectivity index (χ0n) is 48.7. The van der Waals surface area contributed by atoms with E-state index in [9.17, 15) is 63.3 Å². The van der Waals surface area contributed by atoms with Gasteiger partial charge in [0.25, 0.3) is 0 Å². The maximum atomic E-state index is 14.5. The molecular formula is C57H95N11O14. The Balaban J connectivity index is 3.39. The minimum Gasteiger partial charge on any atom is -0.481 e. The maximum Gasteiger partial charge on any atom is 0.303 e. The van der Waals surface area contributed by atoms with Crippen LogP contribution in [-0.4, -0.2) is 154 Å². The van der Waals surface area contributed by atoms with Gasteiger partial charge in [-0.05, 0) is 70.3 Å². The molecule has 17 N–H and O–H groups in total. The van der Waals surface area contributed by atoms with Crippen molar-refractivity contribution in [1.29, 1.82) is 0 Å². The number of carboxylic acids is 1. The fourth-order valence-electron chi connectivity index (χ4n) is 9.08. The quantitative estimate of drug-likeness (QED) is 0.0245. The van der Waals surface area contributed by atoms with Crippen LogP contribution in [0.5, 0.6) is 0 Å². The van der Waals surface area contributed by atoms with Crippen LogP contribution in [0.25, 0.3) is 0 Å². The van der Waals surface area contributed by atoms with Crippen molar-refractivity contribution in [2.24, 2.45) is 56.6 Å². The van der Waals surface area contributed by atoms with Crippen molar-refractivity contribution in [2.75, 3.05) is 26.3 Å². The number of aliphatic hydroxyl groups excluding tert-OH is 3. The number of hydrogen-bond acceptors (Lipinski definition) is 15. The Labute approximate surface area is 482 Å². The molecule has 1 rings (SSSR count). The number of nitrogens with one attached hydrogen (secondary N) is 5. The van der Waals surface area contributed by atoms with Crippen LogP contribution in [0.15, 0.2) is 40.3 Å². The number of carbonyl (C=O) groups excluding carboxylic acids is 9. The molecule has 25 nitrogen and oxygen atoms in total. The van der Waals surface area contributed by atoms with Gasteiger partial charge in [0.05, 0.1) is 43.4 Å². The number of ketones is 4. The van der Waals surface area contributed by atoms with Crippen molar-refractivity contribution in [3.8, 4) is 0 Å². The second kappa shape index (κ2) is 41.2. The van der Waals surface area contributed by atoms with Crippen LogP contribution >= 0.6 is 0 Å². The van der Waals surface area contributed by atoms with Crippen LogP contribution in [-0.2, 0) is 54.4 Å². The molecule has 0 heterocycles. The largest absolute Gasteiger partial charge is 0.481 e. The summed E-state index contributed by atoms with van der Waals surface area (Å²) in [5.74, 6) is -12.6. The molecule has 0 radical (unpaired) electrons. The number of nitrogens with zero attached hydrogens (tertiary/aromatic N) is 2. The first-order valence-electron chi connectivity index (χ1n) is 28.7. The number of hydrogen-bond donors (Lipinski definition) is 13. The first kappa shape index (κ1) is 73.2. The third-order valence-electron chi connectivity index (χ3n) is 13.9. The van der Waals surface area contributed by atoms with Gasteiger partial charge >= 0.3 is 5.97 Å². The van der Waals surface area contributed by atoms with Gasteiger partial charge in [0.15, 0.2) is 35.1 Å². The number of guanidine groups is 2. The SMILES string of the molecule is CCCCCCCCCCCC(=O)N[C@H](C(=O)N[C@H](C(=O)C[C@@H](Cc1ccccc1)C(=O)N[C@@H](CCCN=C(N)N)C(=O)C[C@@H](CO)C(=O)N[C@@H](CO)C(=O)C[C@@H](CCCN=C(N)N)C(=O)N[C@@H](CCC(=O)O)C(C)=O)C(C)C)[C@@H](C)O. The summed E-state index contributed by atoms with van der Waals surface area (Å²) in [6.45, 7) is 6.19. The van der Waals surface area contributed by atoms with Gasteiger partial charge in [0, 0.05) is 57.0 Å². The molecule has 9 atom stereocenters. The number of unbranched alkanes of at least 4 members (excludes halogenated alkanes) is 8. The summed E-state index contributed by atoms with van der Waals surface area (Å²) >= 11 is 0. The number of Topliss-reactive ketones (excluding diaryl/α,β-unsaturated/α-hetero) is 4. The molecule has 82 heavy (non-hydrogen) atoms. The molecule has 0 fully saturated rings. The first-order valence-corrected chi connectivity index (χ1v) is 28.7. The van der Waals surface area contributed by atoms with Crippen LogP contribution in [0, 0.1) is 23.7 Å². The topological polar surface area (TPSA) is 441 Å². The fraction of sp³-hybridized carbons (Fsp3) is 0.684. The van der Waals surface area contributed by atoms with Gasteiger partial charge in [-0.25, -0.2) is 0 Å². The second-order valence-electron chi connectivity index (χ2n) is 21.4. The Morgan fingerprint density at radius 2 is 1.02 bits per heavy atom. The monoisotopic (exact) mass is 1160 g/mol. The summed E-state index contributed by atoms with van der Waals surface area (Å²) in [4.78, 5) is 142. The highest BCUT2D eigenvalue weighted by atomic mass is 16.4. The molecule has 1 aromatic carbocycles. The van der Waals surface area contributed by atoms with E-state index in [1.54, 1.807) is 44.2 Å². The van der Waals surface area contributed by atoms with Crippen LogP contribution in [0.4, 0.5) is 0 Å². The van der Waals surface area contributed by atoms with E-state index in [2.05, 4.69) is 43.5 Å². The Bertz CT molecular complexity index is 2240. The minimum absolute atomic E-state index is 0.00361. The van der Waals surface area contributed by atoms with Gasteiger partial charge in [-0.15, -0.1) is 0 Å². The van der Waals surface area contributed by atoms with E-state index in [-0.39, 0.29) is 70.0 Å². The highest BCUT2D eigenvalue weighted by Gasteiger charge is 2.36. The Kier molecular flexibility index (Phi) is 36.7. The van der Waals surface area contributed by atoms with Crippen LogP contribution in [0.1, 0.15) is 162 Å². The van der Waals surface area contributed by atoms with Crippen LogP contribution < -0.4 is 49.5 Å². The maximum absolute atomic E-state index is 14.5. The van der Waals surface area contributed by atoms with Crippen molar-refractivity contribution in [1.82, 2.24) is 26.6 Å². The summed E-state index contributed by atoms with van der Waals surface area (Å²) < 4.78 is 0. The second-order valence-corrected chi connectivity index (χ2v) is 21.4. The lowest BCUT2D eigenvalue weighted by atomic mass is 9.87. The normalized spacial score (nSPS) is 14.5. The Hall–Kier alpha value is -6.86. The number of aliphatic imine (C=N–C) groups is 2. The van der Waals surface area contributed by atoms with E-state index in [0.717, 1.165) is 32.6 Å². The van der Waals surface area contributed by atoms with E-state index >= 15 is 0 Å².